The van der Waals surface area contributed by atoms with Crippen LogP contribution in [-0.2, 0) is 4.79 Å². The van der Waals surface area contributed by atoms with Crippen LogP contribution < -0.4 is 10.6 Å². The van der Waals surface area contributed by atoms with Crippen LogP contribution in [0.3, 0.4) is 0 Å². The van der Waals surface area contributed by atoms with Crippen molar-refractivity contribution in [1.82, 2.24) is 9.78 Å². The number of aromatic nitrogens is 2. The second kappa shape index (κ2) is 11.3. The zero-order chi connectivity index (χ0) is 30.1. The number of carbonyl (C=O) groups is 3. The fourth-order valence-corrected chi connectivity index (χ4v) is 5.09. The second-order valence-corrected chi connectivity index (χ2v) is 10.2. The molecule has 0 aliphatic heterocycles. The molecule has 1 heterocycles. The molecule has 0 saturated carbocycles. The number of nitrogens with zero attached hydrogens (tertiary/aromatic N) is 2. The van der Waals surface area contributed by atoms with Gasteiger partial charge in [0.25, 0.3) is 11.8 Å². The summed E-state index contributed by atoms with van der Waals surface area (Å²) in [5.41, 5.74) is 3.92. The first-order chi connectivity index (χ1) is 20.8. The van der Waals surface area contributed by atoms with E-state index in [0.717, 1.165) is 21.9 Å². The number of amides is 2. The Morgan fingerprint density at radius 1 is 0.837 bits per heavy atom. The highest BCUT2D eigenvalue weighted by Gasteiger charge is 2.21. The molecule has 0 fully saturated rings. The zero-order valence-electron chi connectivity index (χ0n) is 23.5. The van der Waals surface area contributed by atoms with E-state index in [1.807, 2.05) is 42.5 Å². The lowest BCUT2D eigenvalue weighted by Gasteiger charge is -2.11. The highest BCUT2D eigenvalue weighted by Crippen LogP contribution is 2.36. The normalized spacial score (nSPS) is 11.0. The van der Waals surface area contributed by atoms with Crippen LogP contribution in [0.25, 0.3) is 32.8 Å². The minimum absolute atomic E-state index is 0.226. The van der Waals surface area contributed by atoms with Gasteiger partial charge in [0, 0.05) is 23.2 Å². The van der Waals surface area contributed by atoms with Crippen LogP contribution in [-0.4, -0.2) is 27.5 Å². The Hall–Kier alpha value is -5.63. The van der Waals surface area contributed by atoms with Crippen LogP contribution in [0.15, 0.2) is 103 Å². The zero-order valence-corrected chi connectivity index (χ0v) is 23.5. The van der Waals surface area contributed by atoms with Gasteiger partial charge in [-0.2, -0.15) is 4.68 Å². The molecule has 8 heteroatoms. The lowest BCUT2D eigenvalue weighted by molar-refractivity contribution is -0.115. The molecule has 1 aromatic heterocycles. The lowest BCUT2D eigenvalue weighted by atomic mass is 9.96. The molecule has 0 bridgehead atoms. The number of hydrogen-bond donors (Lipinski definition) is 2. The summed E-state index contributed by atoms with van der Waals surface area (Å²) in [5, 5.41) is 12.3. The van der Waals surface area contributed by atoms with Gasteiger partial charge in [-0.3, -0.25) is 14.4 Å². The maximum atomic E-state index is 14.1. The van der Waals surface area contributed by atoms with E-state index in [2.05, 4.69) is 15.7 Å². The molecule has 0 unspecified atom stereocenters. The summed E-state index contributed by atoms with van der Waals surface area (Å²) >= 11 is 0. The molecule has 0 saturated heterocycles. The second-order valence-electron chi connectivity index (χ2n) is 10.2. The Morgan fingerprint density at radius 3 is 2.40 bits per heavy atom. The molecule has 0 aliphatic carbocycles. The van der Waals surface area contributed by atoms with Crippen molar-refractivity contribution < 1.29 is 18.8 Å². The standard InChI is InChI=1S/C35H27FN4O3/c1-3-31(41)38-33-32-27(12-8-14-30(32)40(39-33)35(43)22-9-5-4-6-10-22)24-16-18-26-23(19-24)11-7-13-28(26)34(42)37-25-17-15-21(2)29(36)20-25/h4-20H,3H2,1-2H3,(H,37,42)(H,38,39,41). The van der Waals surface area contributed by atoms with Crippen LogP contribution in [0.4, 0.5) is 15.9 Å². The molecule has 5 aromatic carbocycles. The largest absolute Gasteiger partial charge is 0.322 e. The monoisotopic (exact) mass is 570 g/mol. The molecular formula is C35H27FN4O3. The van der Waals surface area contributed by atoms with E-state index in [1.165, 1.54) is 10.7 Å². The van der Waals surface area contributed by atoms with E-state index in [1.54, 1.807) is 68.4 Å². The van der Waals surface area contributed by atoms with Crippen LogP contribution in [0.1, 0.15) is 39.6 Å². The molecule has 2 amide bonds. The summed E-state index contributed by atoms with van der Waals surface area (Å²) in [7, 11) is 0. The molecule has 0 radical (unpaired) electrons. The molecular weight excluding hydrogens is 543 g/mol. The number of benzene rings is 5. The van der Waals surface area contributed by atoms with Crippen molar-refractivity contribution in [2.45, 2.75) is 20.3 Å². The van der Waals surface area contributed by atoms with Gasteiger partial charge < -0.3 is 10.6 Å². The first-order valence-corrected chi connectivity index (χ1v) is 13.9. The Morgan fingerprint density at radius 2 is 1.63 bits per heavy atom. The predicted molar refractivity (Wildman–Crippen MR) is 167 cm³/mol. The molecule has 6 aromatic rings. The number of rotatable bonds is 6. The summed E-state index contributed by atoms with van der Waals surface area (Å²) in [6.07, 6.45) is 0.249. The van der Waals surface area contributed by atoms with Gasteiger partial charge in [-0.05, 0) is 76.9 Å². The molecule has 212 valence electrons. The summed E-state index contributed by atoms with van der Waals surface area (Å²) < 4.78 is 15.4. The van der Waals surface area contributed by atoms with Gasteiger partial charge in [-0.25, -0.2) is 4.39 Å². The first-order valence-electron chi connectivity index (χ1n) is 13.9. The van der Waals surface area contributed by atoms with Gasteiger partial charge in [-0.15, -0.1) is 5.10 Å². The van der Waals surface area contributed by atoms with Gasteiger partial charge in [0.05, 0.1) is 10.9 Å². The lowest BCUT2D eigenvalue weighted by Crippen LogP contribution is -2.15. The molecule has 43 heavy (non-hydrogen) atoms. The SMILES string of the molecule is CCC(=O)Nc1nn(C(=O)c2ccccc2)c2cccc(-c3ccc4c(C(=O)Nc5ccc(C)c(F)c5)cccc4c3)c12. The van der Waals surface area contributed by atoms with Crippen molar-refractivity contribution in [3.63, 3.8) is 0 Å². The summed E-state index contributed by atoms with van der Waals surface area (Å²) in [6, 6.07) is 30.1. The quantitative estimate of drug-likeness (QED) is 0.216. The van der Waals surface area contributed by atoms with E-state index in [-0.39, 0.29) is 24.1 Å². The van der Waals surface area contributed by atoms with Crippen molar-refractivity contribution in [3.8, 4) is 11.1 Å². The smallest absolute Gasteiger partial charge is 0.278 e. The highest BCUT2D eigenvalue weighted by atomic mass is 19.1. The predicted octanol–water partition coefficient (Wildman–Crippen LogP) is 7.59. The van der Waals surface area contributed by atoms with Crippen LogP contribution in [0, 0.1) is 12.7 Å². The van der Waals surface area contributed by atoms with Crippen molar-refractivity contribution >= 4 is 50.9 Å². The number of fused-ring (bicyclic) bond motifs is 2. The minimum atomic E-state index is -0.391. The van der Waals surface area contributed by atoms with Crippen molar-refractivity contribution in [3.05, 3.63) is 126 Å². The maximum absolute atomic E-state index is 14.1. The molecule has 0 aliphatic rings. The van der Waals surface area contributed by atoms with Gasteiger partial charge in [0.15, 0.2) is 5.82 Å². The first kappa shape index (κ1) is 27.5. The fraction of sp³-hybridized carbons (Fsp3) is 0.0857. The maximum Gasteiger partial charge on any atom is 0.278 e. The van der Waals surface area contributed by atoms with Crippen molar-refractivity contribution in [1.29, 1.82) is 0 Å². The summed E-state index contributed by atoms with van der Waals surface area (Å²) in [5.74, 6) is -0.995. The Kier molecular flexibility index (Phi) is 7.26. The Balaban J connectivity index is 1.44. The van der Waals surface area contributed by atoms with Gasteiger partial charge in [0.1, 0.15) is 5.82 Å². The van der Waals surface area contributed by atoms with Gasteiger partial charge in [-0.1, -0.05) is 67.6 Å². The molecule has 6 rings (SSSR count). The van der Waals surface area contributed by atoms with Gasteiger partial charge >= 0.3 is 0 Å². The average Bonchev–Trinajstić information content (AvgIpc) is 3.40. The topological polar surface area (TPSA) is 93.1 Å². The summed E-state index contributed by atoms with van der Waals surface area (Å²) in [6.45, 7) is 3.41. The van der Waals surface area contributed by atoms with Crippen LogP contribution in [0.5, 0.6) is 0 Å². The molecule has 7 nitrogen and oxygen atoms in total. The number of anilines is 2. The van der Waals surface area contributed by atoms with Crippen molar-refractivity contribution in [2.75, 3.05) is 10.6 Å². The number of hydrogen-bond acceptors (Lipinski definition) is 4. The highest BCUT2D eigenvalue weighted by molar-refractivity contribution is 6.15. The van der Waals surface area contributed by atoms with E-state index in [4.69, 9.17) is 0 Å². The number of nitrogens with one attached hydrogen (secondary N) is 2. The minimum Gasteiger partial charge on any atom is -0.322 e. The van der Waals surface area contributed by atoms with E-state index in [0.29, 0.717) is 39.1 Å². The van der Waals surface area contributed by atoms with Crippen molar-refractivity contribution in [2.24, 2.45) is 0 Å². The Labute approximate surface area is 247 Å². The number of aryl methyl sites for hydroxylation is 1. The Bertz CT molecular complexity index is 2050. The van der Waals surface area contributed by atoms with Gasteiger partial charge in [0.2, 0.25) is 5.91 Å². The average molecular weight is 571 g/mol. The fourth-order valence-electron chi connectivity index (χ4n) is 5.09. The molecule has 0 spiro atoms. The molecule has 2 N–H and O–H groups in total. The van der Waals surface area contributed by atoms with Crippen LogP contribution in [0.2, 0.25) is 0 Å². The number of halogens is 1. The molecule has 0 atom stereocenters. The van der Waals surface area contributed by atoms with E-state index < -0.39 is 5.82 Å². The van der Waals surface area contributed by atoms with E-state index in [9.17, 15) is 18.8 Å². The third kappa shape index (κ3) is 5.26. The third-order valence-electron chi connectivity index (χ3n) is 7.37. The summed E-state index contributed by atoms with van der Waals surface area (Å²) in [4.78, 5) is 39.1. The number of carbonyl (C=O) groups excluding carboxylic acids is 3. The van der Waals surface area contributed by atoms with Crippen LogP contribution >= 0.6 is 0 Å². The van der Waals surface area contributed by atoms with E-state index >= 15 is 0 Å². The third-order valence-corrected chi connectivity index (χ3v) is 7.37.